The van der Waals surface area contributed by atoms with Crippen LogP contribution in [-0.2, 0) is 0 Å². The molecule has 1 N–H and O–H groups in total. The third-order valence-electron chi connectivity index (χ3n) is 3.76. The van der Waals surface area contributed by atoms with Gasteiger partial charge in [-0.1, -0.05) is 30.3 Å². The van der Waals surface area contributed by atoms with Gasteiger partial charge >= 0.3 is 5.63 Å². The number of rotatable bonds is 2. The number of H-pyrrole nitrogens is 1. The zero-order chi connectivity index (χ0) is 16.7. The zero-order valence-electron chi connectivity index (χ0n) is 12.3. The highest BCUT2D eigenvalue weighted by molar-refractivity contribution is 7.71. The minimum atomic E-state index is -0.481. The Balaban J connectivity index is 1.92. The van der Waals surface area contributed by atoms with E-state index in [-0.39, 0.29) is 0 Å². The average Bonchev–Trinajstić information content (AvgIpc) is 2.96. The average molecular weight is 338 g/mol. The first-order valence-electron chi connectivity index (χ1n) is 7.23. The van der Waals surface area contributed by atoms with Crippen LogP contribution < -0.4 is 5.63 Å². The fourth-order valence-electron chi connectivity index (χ4n) is 2.61. The van der Waals surface area contributed by atoms with Gasteiger partial charge in [0.2, 0.25) is 0 Å². The fraction of sp³-hybridized carbons (Fsp3) is 0. The highest BCUT2D eigenvalue weighted by Crippen LogP contribution is 2.22. The van der Waals surface area contributed by atoms with Gasteiger partial charge in [-0.2, -0.15) is 0 Å². The first kappa shape index (κ1) is 14.6. The lowest BCUT2D eigenvalue weighted by molar-refractivity contribution is 0.563. The Morgan fingerprint density at radius 2 is 1.83 bits per heavy atom. The number of nitrogens with one attached hydrogen (secondary N) is 1. The molecule has 0 fully saturated rings. The maximum atomic E-state index is 14.0. The van der Waals surface area contributed by atoms with Crippen molar-refractivity contribution >= 4 is 23.2 Å². The van der Waals surface area contributed by atoms with Crippen molar-refractivity contribution in [1.29, 1.82) is 0 Å². The molecule has 0 spiro atoms. The van der Waals surface area contributed by atoms with Crippen LogP contribution in [0.4, 0.5) is 4.39 Å². The summed E-state index contributed by atoms with van der Waals surface area (Å²) in [4.78, 5) is 15.2. The Hall–Kier alpha value is -2.99. The molecule has 0 aliphatic rings. The summed E-state index contributed by atoms with van der Waals surface area (Å²) in [7, 11) is 0. The lowest BCUT2D eigenvalue weighted by Gasteiger charge is -2.02. The van der Waals surface area contributed by atoms with Crippen LogP contribution in [0.15, 0.2) is 70.0 Å². The highest BCUT2D eigenvalue weighted by atomic mass is 32.1. The summed E-state index contributed by atoms with van der Waals surface area (Å²) in [5, 5.41) is 0.796. The van der Waals surface area contributed by atoms with Gasteiger partial charge in [0.15, 0.2) is 4.77 Å². The van der Waals surface area contributed by atoms with Crippen molar-refractivity contribution in [1.82, 2.24) is 9.55 Å². The lowest BCUT2D eigenvalue weighted by atomic mass is 10.1. The maximum Gasteiger partial charge on any atom is 0.345 e. The number of aromatic nitrogens is 2. The van der Waals surface area contributed by atoms with Crippen LogP contribution in [0.1, 0.15) is 0 Å². The van der Waals surface area contributed by atoms with Gasteiger partial charge in [0.05, 0.1) is 16.9 Å². The van der Waals surface area contributed by atoms with Crippen molar-refractivity contribution in [3.05, 3.63) is 81.8 Å². The number of hydrogen-bond donors (Lipinski definition) is 1. The van der Waals surface area contributed by atoms with Crippen LogP contribution in [0.2, 0.25) is 0 Å². The first-order chi connectivity index (χ1) is 11.6. The van der Waals surface area contributed by atoms with Gasteiger partial charge in [-0.05, 0) is 36.5 Å². The molecule has 118 valence electrons. The molecular formula is C18H11FN2O2S. The minimum Gasteiger partial charge on any atom is -0.422 e. The summed E-state index contributed by atoms with van der Waals surface area (Å²) in [5.41, 5.74) is 1.16. The summed E-state index contributed by atoms with van der Waals surface area (Å²) in [6.45, 7) is 0. The van der Waals surface area contributed by atoms with Gasteiger partial charge in [-0.3, -0.25) is 4.57 Å². The van der Waals surface area contributed by atoms with E-state index >= 15 is 0 Å². The second-order valence-electron chi connectivity index (χ2n) is 5.28. The van der Waals surface area contributed by atoms with Gasteiger partial charge in [-0.15, -0.1) is 0 Å². The number of nitrogens with zero attached hydrogens (tertiary/aromatic N) is 1. The minimum absolute atomic E-state index is 0.294. The van der Waals surface area contributed by atoms with E-state index in [1.165, 1.54) is 10.6 Å². The Morgan fingerprint density at radius 3 is 2.67 bits per heavy atom. The van der Waals surface area contributed by atoms with E-state index in [1.807, 2.05) is 12.1 Å². The smallest absolute Gasteiger partial charge is 0.345 e. The number of aromatic amines is 1. The summed E-state index contributed by atoms with van der Waals surface area (Å²) in [6, 6.07) is 15.3. The Morgan fingerprint density at radius 1 is 1.08 bits per heavy atom. The molecule has 0 aliphatic heterocycles. The molecule has 0 unspecified atom stereocenters. The second kappa shape index (κ2) is 5.58. The predicted molar refractivity (Wildman–Crippen MR) is 92.4 cm³/mol. The quantitative estimate of drug-likeness (QED) is 0.434. The molecular weight excluding hydrogens is 327 g/mol. The van der Waals surface area contributed by atoms with Gasteiger partial charge in [-0.25, -0.2) is 9.18 Å². The van der Waals surface area contributed by atoms with Crippen molar-refractivity contribution in [3.63, 3.8) is 0 Å². The molecule has 0 amide bonds. The van der Waals surface area contributed by atoms with E-state index in [0.29, 0.717) is 27.3 Å². The van der Waals surface area contributed by atoms with Gasteiger partial charge < -0.3 is 9.40 Å². The molecule has 4 rings (SSSR count). The number of imidazole rings is 1. The molecule has 0 radical (unpaired) electrons. The van der Waals surface area contributed by atoms with Crippen molar-refractivity contribution in [2.24, 2.45) is 0 Å². The van der Waals surface area contributed by atoms with Crippen LogP contribution in [0, 0.1) is 10.6 Å². The normalized spacial score (nSPS) is 11.0. The van der Waals surface area contributed by atoms with Crippen LogP contribution in [0.25, 0.3) is 27.9 Å². The molecule has 4 nitrogen and oxygen atoms in total. The third-order valence-corrected chi connectivity index (χ3v) is 4.06. The first-order valence-corrected chi connectivity index (χ1v) is 7.64. The number of hydrogen-bond acceptors (Lipinski definition) is 3. The van der Waals surface area contributed by atoms with E-state index < -0.39 is 11.4 Å². The number of fused-ring (bicyclic) bond motifs is 1. The van der Waals surface area contributed by atoms with E-state index in [9.17, 15) is 9.18 Å². The third kappa shape index (κ3) is 2.37. The number of benzene rings is 2. The molecule has 2 aromatic carbocycles. The van der Waals surface area contributed by atoms with E-state index in [2.05, 4.69) is 4.98 Å². The molecule has 0 bridgehead atoms. The molecule has 24 heavy (non-hydrogen) atoms. The van der Waals surface area contributed by atoms with Crippen molar-refractivity contribution in [2.75, 3.05) is 0 Å². The van der Waals surface area contributed by atoms with E-state index in [1.54, 1.807) is 42.6 Å². The largest absolute Gasteiger partial charge is 0.422 e. The van der Waals surface area contributed by atoms with E-state index in [0.717, 1.165) is 5.39 Å². The van der Waals surface area contributed by atoms with Crippen LogP contribution >= 0.6 is 12.2 Å². The van der Waals surface area contributed by atoms with Gasteiger partial charge in [0, 0.05) is 11.6 Å². The van der Waals surface area contributed by atoms with Crippen molar-refractivity contribution in [3.8, 4) is 16.9 Å². The van der Waals surface area contributed by atoms with Crippen molar-refractivity contribution in [2.45, 2.75) is 0 Å². The molecule has 0 atom stereocenters. The molecule has 2 heterocycles. The highest BCUT2D eigenvalue weighted by Gasteiger charge is 2.13. The predicted octanol–water partition coefficient (Wildman–Crippen LogP) is 4.45. The van der Waals surface area contributed by atoms with Gasteiger partial charge in [0.25, 0.3) is 0 Å². The molecule has 0 aliphatic carbocycles. The Labute approximate surface area is 140 Å². The van der Waals surface area contributed by atoms with Crippen molar-refractivity contribution < 1.29 is 8.81 Å². The number of para-hydroxylation sites is 2. The summed E-state index contributed by atoms with van der Waals surface area (Å²) < 4.78 is 21.1. The fourth-order valence-corrected chi connectivity index (χ4v) is 2.87. The van der Waals surface area contributed by atoms with Gasteiger partial charge in [0.1, 0.15) is 11.4 Å². The summed E-state index contributed by atoms with van der Waals surface area (Å²) in [5.74, 6) is -0.398. The topological polar surface area (TPSA) is 50.9 Å². The summed E-state index contributed by atoms with van der Waals surface area (Å²) >= 11 is 5.26. The molecule has 0 saturated carbocycles. The molecule has 6 heteroatoms. The molecule has 2 aromatic heterocycles. The SMILES string of the molecule is O=c1oc2ccccc2cc1-c1cn(-c2ccccc2F)c(=S)[nH]1. The van der Waals surface area contributed by atoms with Crippen LogP contribution in [-0.4, -0.2) is 9.55 Å². The Bertz CT molecular complexity index is 1170. The maximum absolute atomic E-state index is 14.0. The second-order valence-corrected chi connectivity index (χ2v) is 5.67. The summed E-state index contributed by atoms with van der Waals surface area (Å²) in [6.07, 6.45) is 1.60. The monoisotopic (exact) mass is 338 g/mol. The van der Waals surface area contributed by atoms with E-state index in [4.69, 9.17) is 16.6 Å². The standard InChI is InChI=1S/C18H11FN2O2S/c19-13-6-2-3-7-15(13)21-10-14(20-18(21)24)12-9-11-5-1-4-8-16(11)23-17(12)22/h1-10H,(H,20,24). The van der Waals surface area contributed by atoms with Crippen LogP contribution in [0.3, 0.4) is 0 Å². The molecule has 4 aromatic rings. The molecule has 0 saturated heterocycles. The van der Waals surface area contributed by atoms with Crippen LogP contribution in [0.5, 0.6) is 0 Å². The number of halogens is 1. The lowest BCUT2D eigenvalue weighted by Crippen LogP contribution is -2.02. The Kier molecular flexibility index (Phi) is 3.39. The zero-order valence-corrected chi connectivity index (χ0v) is 13.1.